The Hall–Kier alpha value is -3.34. The zero-order valence-corrected chi connectivity index (χ0v) is 17.6. The Morgan fingerprint density at radius 2 is 1.76 bits per heavy atom. The minimum Gasteiger partial charge on any atom is -0.399 e. The Labute approximate surface area is 172 Å². The van der Waals surface area contributed by atoms with Gasteiger partial charge >= 0.3 is 0 Å². The van der Waals surface area contributed by atoms with Gasteiger partial charge in [0.15, 0.2) is 0 Å². The van der Waals surface area contributed by atoms with Crippen molar-refractivity contribution in [3.8, 4) is 11.1 Å². The van der Waals surface area contributed by atoms with Crippen molar-refractivity contribution in [2.24, 2.45) is 12.2 Å². The number of nitrogens with one attached hydrogen (secondary N) is 1. The Bertz CT molecular complexity index is 1030. The van der Waals surface area contributed by atoms with Crippen molar-refractivity contribution >= 4 is 17.3 Å². The third kappa shape index (κ3) is 4.57. The molecule has 1 aromatic heterocycles. The second-order valence-corrected chi connectivity index (χ2v) is 7.38. The summed E-state index contributed by atoms with van der Waals surface area (Å²) in [6, 6.07) is 15.9. The number of oxime groups is 1. The van der Waals surface area contributed by atoms with Crippen LogP contribution in [0.1, 0.15) is 48.2 Å². The molecule has 0 saturated carbocycles. The monoisotopic (exact) mass is 389 g/mol. The summed E-state index contributed by atoms with van der Waals surface area (Å²) in [7, 11) is 3.47. The van der Waals surface area contributed by atoms with Crippen LogP contribution in [0.5, 0.6) is 0 Å². The quantitative estimate of drug-likeness (QED) is 0.451. The van der Waals surface area contributed by atoms with Gasteiger partial charge in [-0.2, -0.15) is 0 Å². The normalized spacial score (nSPS) is 11.6. The molecule has 0 unspecified atom stereocenters. The summed E-state index contributed by atoms with van der Waals surface area (Å²) in [5.41, 5.74) is 6.32. The van der Waals surface area contributed by atoms with Gasteiger partial charge in [0.25, 0.3) is 5.91 Å². The number of carbonyl (C=O) groups excluding carboxylic acids is 1. The molecule has 29 heavy (non-hydrogen) atoms. The van der Waals surface area contributed by atoms with E-state index in [0.717, 1.165) is 33.7 Å². The number of hydrogen-bond donors (Lipinski definition) is 1. The second-order valence-electron chi connectivity index (χ2n) is 7.38. The summed E-state index contributed by atoms with van der Waals surface area (Å²) >= 11 is 0. The van der Waals surface area contributed by atoms with Crippen LogP contribution in [0.25, 0.3) is 11.1 Å². The summed E-state index contributed by atoms with van der Waals surface area (Å²) in [4.78, 5) is 17.8. The molecule has 5 heteroatoms. The predicted molar refractivity (Wildman–Crippen MR) is 119 cm³/mol. The third-order valence-electron chi connectivity index (χ3n) is 4.87. The number of aryl methyl sites for hydroxylation is 1. The minimum absolute atomic E-state index is 0.0959. The maximum Gasteiger partial charge on any atom is 0.257 e. The molecule has 0 aliphatic heterocycles. The molecule has 0 fully saturated rings. The lowest BCUT2D eigenvalue weighted by Gasteiger charge is -2.13. The third-order valence-corrected chi connectivity index (χ3v) is 4.87. The minimum atomic E-state index is -0.0959. The van der Waals surface area contributed by atoms with Crippen LogP contribution >= 0.6 is 0 Å². The molecular formula is C24H27N3O2. The smallest absolute Gasteiger partial charge is 0.257 e. The SMILES string of the molecule is CON=C(C)c1ccc(-c2ccccc2NC(=O)c2cn(C)cc2C(C)C)cc1. The molecule has 0 aliphatic carbocycles. The van der Waals surface area contributed by atoms with Crippen molar-refractivity contribution in [3.05, 3.63) is 77.6 Å². The fourth-order valence-electron chi connectivity index (χ4n) is 3.37. The van der Waals surface area contributed by atoms with Crippen molar-refractivity contribution in [1.82, 2.24) is 4.57 Å². The fourth-order valence-corrected chi connectivity index (χ4v) is 3.37. The van der Waals surface area contributed by atoms with E-state index in [1.54, 1.807) is 0 Å². The average molecular weight is 389 g/mol. The maximum atomic E-state index is 13.0. The zero-order chi connectivity index (χ0) is 21.0. The van der Waals surface area contributed by atoms with Gasteiger partial charge in [-0.3, -0.25) is 4.79 Å². The van der Waals surface area contributed by atoms with Crippen LogP contribution in [0.2, 0.25) is 0 Å². The van der Waals surface area contributed by atoms with E-state index >= 15 is 0 Å². The number of nitrogens with zero attached hydrogens (tertiary/aromatic N) is 2. The molecule has 2 aromatic carbocycles. The van der Waals surface area contributed by atoms with Gasteiger partial charge in [-0.25, -0.2) is 0 Å². The number of benzene rings is 2. The number of amides is 1. The van der Waals surface area contributed by atoms with Gasteiger partial charge in [0.1, 0.15) is 7.11 Å². The lowest BCUT2D eigenvalue weighted by Crippen LogP contribution is -2.14. The van der Waals surface area contributed by atoms with Gasteiger partial charge in [0.2, 0.25) is 0 Å². The van der Waals surface area contributed by atoms with Gasteiger partial charge in [0, 0.05) is 30.7 Å². The van der Waals surface area contributed by atoms with Gasteiger partial charge in [-0.15, -0.1) is 0 Å². The Kier molecular flexibility index (Phi) is 6.17. The summed E-state index contributed by atoms with van der Waals surface area (Å²) in [6.45, 7) is 6.09. The lowest BCUT2D eigenvalue weighted by molar-refractivity contribution is 0.102. The highest BCUT2D eigenvalue weighted by molar-refractivity contribution is 6.07. The number of carbonyl (C=O) groups is 1. The molecule has 1 amide bonds. The average Bonchev–Trinajstić information content (AvgIpc) is 3.11. The molecule has 0 radical (unpaired) electrons. The second kappa shape index (κ2) is 8.78. The van der Waals surface area contributed by atoms with E-state index in [-0.39, 0.29) is 11.8 Å². The number of anilines is 1. The van der Waals surface area contributed by atoms with Crippen molar-refractivity contribution in [2.75, 3.05) is 12.4 Å². The van der Waals surface area contributed by atoms with E-state index in [1.165, 1.54) is 7.11 Å². The van der Waals surface area contributed by atoms with Gasteiger partial charge < -0.3 is 14.7 Å². The topological polar surface area (TPSA) is 55.6 Å². The zero-order valence-electron chi connectivity index (χ0n) is 17.6. The van der Waals surface area contributed by atoms with Crippen molar-refractivity contribution in [3.63, 3.8) is 0 Å². The predicted octanol–water partition coefficient (Wildman–Crippen LogP) is 5.44. The van der Waals surface area contributed by atoms with Gasteiger partial charge in [-0.05, 0) is 35.6 Å². The van der Waals surface area contributed by atoms with E-state index in [0.29, 0.717) is 5.56 Å². The van der Waals surface area contributed by atoms with Crippen LogP contribution in [-0.2, 0) is 11.9 Å². The fraction of sp³-hybridized carbons (Fsp3) is 0.250. The summed E-state index contributed by atoms with van der Waals surface area (Å²) < 4.78 is 1.93. The molecule has 150 valence electrons. The van der Waals surface area contributed by atoms with Gasteiger partial charge in [0.05, 0.1) is 11.3 Å². The summed E-state index contributed by atoms with van der Waals surface area (Å²) in [5.74, 6) is 0.179. The summed E-state index contributed by atoms with van der Waals surface area (Å²) in [5, 5.41) is 7.07. The first-order valence-electron chi connectivity index (χ1n) is 9.65. The molecule has 1 N–H and O–H groups in total. The molecule has 0 spiro atoms. The first-order chi connectivity index (χ1) is 13.9. The molecule has 3 aromatic rings. The molecule has 0 aliphatic rings. The number of para-hydroxylation sites is 1. The van der Waals surface area contributed by atoms with Crippen molar-refractivity contribution in [2.45, 2.75) is 26.7 Å². The number of aromatic nitrogens is 1. The van der Waals surface area contributed by atoms with Crippen LogP contribution in [0, 0.1) is 0 Å². The molecular weight excluding hydrogens is 362 g/mol. The highest BCUT2D eigenvalue weighted by atomic mass is 16.6. The Balaban J connectivity index is 1.90. The Morgan fingerprint density at radius 3 is 2.41 bits per heavy atom. The molecule has 0 saturated heterocycles. The van der Waals surface area contributed by atoms with Crippen LogP contribution < -0.4 is 5.32 Å². The molecule has 1 heterocycles. The molecule has 0 bridgehead atoms. The Morgan fingerprint density at radius 1 is 1.07 bits per heavy atom. The lowest BCUT2D eigenvalue weighted by atomic mass is 10.00. The van der Waals surface area contributed by atoms with E-state index in [9.17, 15) is 4.79 Å². The maximum absolute atomic E-state index is 13.0. The number of rotatable bonds is 6. The van der Waals surface area contributed by atoms with Crippen LogP contribution in [0.15, 0.2) is 66.1 Å². The van der Waals surface area contributed by atoms with E-state index in [2.05, 4.69) is 24.3 Å². The molecule has 3 rings (SSSR count). The first-order valence-corrected chi connectivity index (χ1v) is 9.65. The standard InChI is InChI=1S/C24H27N3O2/c1-16(2)21-14-27(4)15-22(21)24(28)25-23-9-7-6-8-20(23)19-12-10-18(11-13-19)17(3)26-29-5/h6-16H,1-5H3,(H,25,28). The number of hydrogen-bond acceptors (Lipinski definition) is 3. The largest absolute Gasteiger partial charge is 0.399 e. The highest BCUT2D eigenvalue weighted by Crippen LogP contribution is 2.29. The molecule has 0 atom stereocenters. The van der Waals surface area contributed by atoms with E-state index < -0.39 is 0 Å². The van der Waals surface area contributed by atoms with Crippen LogP contribution in [0.4, 0.5) is 5.69 Å². The van der Waals surface area contributed by atoms with Crippen molar-refractivity contribution in [1.29, 1.82) is 0 Å². The first kappa shape index (κ1) is 20.4. The van der Waals surface area contributed by atoms with E-state index in [1.807, 2.05) is 79.5 Å². The van der Waals surface area contributed by atoms with E-state index in [4.69, 9.17) is 4.84 Å². The van der Waals surface area contributed by atoms with Gasteiger partial charge in [-0.1, -0.05) is 61.5 Å². The van der Waals surface area contributed by atoms with Crippen LogP contribution in [0.3, 0.4) is 0 Å². The van der Waals surface area contributed by atoms with Crippen LogP contribution in [-0.4, -0.2) is 23.3 Å². The van der Waals surface area contributed by atoms with Crippen molar-refractivity contribution < 1.29 is 9.63 Å². The summed E-state index contributed by atoms with van der Waals surface area (Å²) in [6.07, 6.45) is 3.88. The highest BCUT2D eigenvalue weighted by Gasteiger charge is 2.17. The molecule has 5 nitrogen and oxygen atoms in total.